The zero-order valence-corrected chi connectivity index (χ0v) is 16.7. The summed E-state index contributed by atoms with van der Waals surface area (Å²) in [5.41, 5.74) is 4.27. The molecule has 4 aromatic rings. The van der Waals surface area contributed by atoms with Gasteiger partial charge in [-0.2, -0.15) is 8.75 Å². The van der Waals surface area contributed by atoms with Crippen LogP contribution in [0.4, 0.5) is 0 Å². The molecular weight excluding hydrogens is 388 g/mol. The highest BCUT2D eigenvalue weighted by Gasteiger charge is 2.25. The van der Waals surface area contributed by atoms with Gasteiger partial charge in [-0.25, -0.2) is 9.48 Å². The van der Waals surface area contributed by atoms with E-state index in [0.717, 1.165) is 40.3 Å². The minimum atomic E-state index is -1.02. The molecule has 1 N–H and O–H groups in total. The Morgan fingerprint density at radius 1 is 1.10 bits per heavy atom. The lowest BCUT2D eigenvalue weighted by molar-refractivity contribution is 0.0683. The molecule has 7 nitrogen and oxygen atoms in total. The molecule has 0 aliphatic heterocycles. The van der Waals surface area contributed by atoms with Crippen molar-refractivity contribution in [2.24, 2.45) is 0 Å². The Morgan fingerprint density at radius 3 is 2.66 bits per heavy atom. The van der Waals surface area contributed by atoms with E-state index in [2.05, 4.69) is 13.8 Å². The summed E-state index contributed by atoms with van der Waals surface area (Å²) < 4.78 is 15.8. The zero-order chi connectivity index (χ0) is 20.2. The normalized spacial score (nSPS) is 11.1. The molecule has 8 heteroatoms. The number of rotatable bonds is 8. The van der Waals surface area contributed by atoms with Crippen molar-refractivity contribution >= 4 is 28.7 Å². The number of fused-ring (bicyclic) bond motifs is 1. The van der Waals surface area contributed by atoms with E-state index in [9.17, 15) is 9.90 Å². The van der Waals surface area contributed by atoms with Gasteiger partial charge in [0.25, 0.3) is 0 Å². The van der Waals surface area contributed by atoms with E-state index in [4.69, 9.17) is 4.74 Å². The van der Waals surface area contributed by atoms with Gasteiger partial charge in [-0.15, -0.1) is 5.10 Å². The fraction of sp³-hybridized carbons (Fsp3) is 0.238. The SMILES string of the molecule is CCCOc1nn(Cc2ccccc2)c(C(=O)O)c1Cc1ccc2nsnc2c1. The van der Waals surface area contributed by atoms with Gasteiger partial charge < -0.3 is 9.84 Å². The van der Waals surface area contributed by atoms with Gasteiger partial charge in [-0.05, 0) is 29.7 Å². The average Bonchev–Trinajstić information content (AvgIpc) is 3.31. The quantitative estimate of drug-likeness (QED) is 0.474. The number of carboxylic acid groups (broad SMARTS) is 1. The van der Waals surface area contributed by atoms with Crippen LogP contribution in [0.5, 0.6) is 5.88 Å². The highest BCUT2D eigenvalue weighted by molar-refractivity contribution is 7.00. The molecule has 0 atom stereocenters. The highest BCUT2D eigenvalue weighted by atomic mass is 32.1. The van der Waals surface area contributed by atoms with Gasteiger partial charge in [0.2, 0.25) is 5.88 Å². The van der Waals surface area contributed by atoms with Crippen LogP contribution in [0.25, 0.3) is 11.0 Å². The van der Waals surface area contributed by atoms with E-state index in [1.54, 1.807) is 0 Å². The number of benzene rings is 2. The fourth-order valence-corrected chi connectivity index (χ4v) is 3.72. The summed E-state index contributed by atoms with van der Waals surface area (Å²) in [5.74, 6) is -0.650. The van der Waals surface area contributed by atoms with Crippen LogP contribution in [0.1, 0.15) is 40.5 Å². The first-order chi connectivity index (χ1) is 14.2. The van der Waals surface area contributed by atoms with Crippen molar-refractivity contribution in [1.29, 1.82) is 0 Å². The number of nitrogens with zero attached hydrogens (tertiary/aromatic N) is 4. The second-order valence-electron chi connectivity index (χ2n) is 6.69. The van der Waals surface area contributed by atoms with Crippen LogP contribution in [0, 0.1) is 0 Å². The average molecular weight is 408 g/mol. The lowest BCUT2D eigenvalue weighted by atomic mass is 10.0. The molecule has 0 spiro atoms. The van der Waals surface area contributed by atoms with Gasteiger partial charge in [-0.1, -0.05) is 43.3 Å². The molecule has 2 heterocycles. The predicted molar refractivity (Wildman–Crippen MR) is 111 cm³/mol. The van der Waals surface area contributed by atoms with Crippen molar-refractivity contribution in [2.75, 3.05) is 6.61 Å². The van der Waals surface area contributed by atoms with E-state index in [1.165, 1.54) is 4.68 Å². The van der Waals surface area contributed by atoms with E-state index in [-0.39, 0.29) is 5.69 Å². The molecule has 2 aromatic carbocycles. The molecule has 4 rings (SSSR count). The Balaban J connectivity index is 1.75. The maximum atomic E-state index is 12.1. The first-order valence-electron chi connectivity index (χ1n) is 9.36. The lowest BCUT2D eigenvalue weighted by Gasteiger charge is -2.07. The molecule has 0 saturated heterocycles. The first kappa shape index (κ1) is 19.1. The standard InChI is InChI=1S/C21H20N4O3S/c1-2-10-28-20-16(11-15-8-9-17-18(12-15)24-29-23-17)19(21(26)27)25(22-20)13-14-6-4-3-5-7-14/h3-9,12H,2,10-11,13H2,1H3,(H,26,27). The monoisotopic (exact) mass is 408 g/mol. The summed E-state index contributed by atoms with van der Waals surface area (Å²) in [5, 5.41) is 14.4. The second kappa shape index (κ2) is 8.40. The van der Waals surface area contributed by atoms with Gasteiger partial charge in [0.1, 0.15) is 11.0 Å². The number of hydrogen-bond acceptors (Lipinski definition) is 6. The Kier molecular flexibility index (Phi) is 5.53. The maximum Gasteiger partial charge on any atom is 0.354 e. The summed E-state index contributed by atoms with van der Waals surface area (Å²) in [7, 11) is 0. The third-order valence-corrected chi connectivity index (χ3v) is 5.09. The molecule has 0 radical (unpaired) electrons. The number of aromatic carboxylic acids is 1. The Labute approximate surface area is 171 Å². The molecule has 0 amide bonds. The molecule has 148 valence electrons. The van der Waals surface area contributed by atoms with Crippen molar-refractivity contribution < 1.29 is 14.6 Å². The second-order valence-corrected chi connectivity index (χ2v) is 7.22. The number of hydrogen-bond donors (Lipinski definition) is 1. The van der Waals surface area contributed by atoms with Crippen molar-refractivity contribution in [2.45, 2.75) is 26.3 Å². The van der Waals surface area contributed by atoms with Crippen LogP contribution < -0.4 is 4.74 Å². The largest absolute Gasteiger partial charge is 0.477 e. The van der Waals surface area contributed by atoms with Crippen molar-refractivity contribution in [3.63, 3.8) is 0 Å². The molecule has 29 heavy (non-hydrogen) atoms. The predicted octanol–water partition coefficient (Wildman–Crippen LogP) is 4.01. The van der Waals surface area contributed by atoms with Gasteiger partial charge in [0.05, 0.1) is 30.4 Å². The molecule has 0 aliphatic rings. The van der Waals surface area contributed by atoms with E-state index in [0.29, 0.717) is 31.0 Å². The van der Waals surface area contributed by atoms with Crippen molar-refractivity contribution in [3.8, 4) is 5.88 Å². The molecule has 0 saturated carbocycles. The van der Waals surface area contributed by atoms with Crippen LogP contribution in [0.15, 0.2) is 48.5 Å². The van der Waals surface area contributed by atoms with Crippen LogP contribution in [-0.2, 0) is 13.0 Å². The van der Waals surface area contributed by atoms with E-state index >= 15 is 0 Å². The number of ether oxygens (including phenoxy) is 1. The summed E-state index contributed by atoms with van der Waals surface area (Å²) >= 11 is 1.16. The Hall–Kier alpha value is -3.26. The molecule has 2 aromatic heterocycles. The van der Waals surface area contributed by atoms with Gasteiger partial charge in [-0.3, -0.25) is 0 Å². The van der Waals surface area contributed by atoms with Crippen LogP contribution in [0.2, 0.25) is 0 Å². The fourth-order valence-electron chi connectivity index (χ4n) is 3.20. The van der Waals surface area contributed by atoms with Crippen LogP contribution >= 0.6 is 11.7 Å². The van der Waals surface area contributed by atoms with Gasteiger partial charge in [0.15, 0.2) is 5.69 Å². The molecule has 0 aliphatic carbocycles. The number of carbonyl (C=O) groups is 1. The summed E-state index contributed by atoms with van der Waals surface area (Å²) in [6, 6.07) is 15.4. The molecule has 0 fully saturated rings. The Bertz CT molecular complexity index is 1140. The Morgan fingerprint density at radius 2 is 1.90 bits per heavy atom. The molecule has 0 bridgehead atoms. The minimum absolute atomic E-state index is 0.149. The maximum absolute atomic E-state index is 12.1. The number of aromatic nitrogens is 4. The topological polar surface area (TPSA) is 90.1 Å². The minimum Gasteiger partial charge on any atom is -0.477 e. The van der Waals surface area contributed by atoms with Crippen LogP contribution in [-0.4, -0.2) is 36.2 Å². The summed E-state index contributed by atoms with van der Waals surface area (Å²) in [4.78, 5) is 12.1. The van der Waals surface area contributed by atoms with Crippen molar-refractivity contribution in [1.82, 2.24) is 18.5 Å². The summed E-state index contributed by atoms with van der Waals surface area (Å²) in [6.07, 6.45) is 1.20. The van der Waals surface area contributed by atoms with Crippen LogP contribution in [0.3, 0.4) is 0 Å². The van der Waals surface area contributed by atoms with Gasteiger partial charge in [0, 0.05) is 6.42 Å². The number of carboxylic acids is 1. The third kappa shape index (κ3) is 4.12. The van der Waals surface area contributed by atoms with Gasteiger partial charge >= 0.3 is 5.97 Å². The first-order valence-corrected chi connectivity index (χ1v) is 10.1. The van der Waals surface area contributed by atoms with E-state index < -0.39 is 5.97 Å². The summed E-state index contributed by atoms with van der Waals surface area (Å²) in [6.45, 7) is 2.84. The zero-order valence-electron chi connectivity index (χ0n) is 15.9. The molecular formula is C21H20N4O3S. The molecule has 0 unspecified atom stereocenters. The van der Waals surface area contributed by atoms with Crippen molar-refractivity contribution in [3.05, 3.63) is 70.9 Å². The lowest BCUT2D eigenvalue weighted by Crippen LogP contribution is -2.12. The van der Waals surface area contributed by atoms with E-state index in [1.807, 2.05) is 55.5 Å². The highest BCUT2D eigenvalue weighted by Crippen LogP contribution is 2.27. The third-order valence-electron chi connectivity index (χ3n) is 4.53. The smallest absolute Gasteiger partial charge is 0.354 e.